The summed E-state index contributed by atoms with van der Waals surface area (Å²) in [6.45, 7) is 0. The molecule has 0 fully saturated rings. The van der Waals surface area contributed by atoms with Crippen molar-refractivity contribution in [1.82, 2.24) is 19.6 Å². The maximum Gasteiger partial charge on any atom is 0.234 e. The van der Waals surface area contributed by atoms with Gasteiger partial charge in [-0.05, 0) is 36.4 Å². The van der Waals surface area contributed by atoms with Gasteiger partial charge in [-0.1, -0.05) is 36.0 Å². The van der Waals surface area contributed by atoms with Gasteiger partial charge in [-0.3, -0.25) is 4.79 Å². The third kappa shape index (κ3) is 3.71. The van der Waals surface area contributed by atoms with Crippen LogP contribution < -0.4 is 10.1 Å². The van der Waals surface area contributed by atoms with Crippen LogP contribution >= 0.6 is 11.8 Å². The minimum absolute atomic E-state index is 0.147. The number of amides is 1. The Labute approximate surface area is 181 Å². The lowest BCUT2D eigenvalue weighted by Crippen LogP contribution is -2.15. The Morgan fingerprint density at radius 2 is 1.94 bits per heavy atom. The van der Waals surface area contributed by atoms with E-state index >= 15 is 0 Å². The van der Waals surface area contributed by atoms with E-state index in [0.29, 0.717) is 33.8 Å². The number of aromatic nitrogens is 4. The number of hydrogen-bond acceptors (Lipinski definition) is 7. The van der Waals surface area contributed by atoms with Crippen LogP contribution in [0.4, 0.5) is 5.69 Å². The van der Waals surface area contributed by atoms with E-state index < -0.39 is 0 Å². The van der Waals surface area contributed by atoms with Crippen LogP contribution in [0.1, 0.15) is 0 Å². The van der Waals surface area contributed by atoms with Crippen molar-refractivity contribution in [2.45, 2.75) is 5.16 Å². The molecule has 0 saturated heterocycles. The quantitative estimate of drug-likeness (QED) is 0.317. The van der Waals surface area contributed by atoms with Crippen molar-refractivity contribution in [3.8, 4) is 17.3 Å². The topological polar surface area (TPSA) is 94.5 Å². The van der Waals surface area contributed by atoms with Crippen LogP contribution in [0.2, 0.25) is 0 Å². The molecule has 1 amide bonds. The second kappa shape index (κ2) is 8.11. The van der Waals surface area contributed by atoms with Gasteiger partial charge in [0.15, 0.2) is 16.6 Å². The van der Waals surface area contributed by atoms with Gasteiger partial charge in [0.2, 0.25) is 11.7 Å². The summed E-state index contributed by atoms with van der Waals surface area (Å²) in [4.78, 5) is 21.9. The zero-order valence-corrected chi connectivity index (χ0v) is 17.3. The molecule has 0 saturated carbocycles. The highest BCUT2D eigenvalue weighted by atomic mass is 32.2. The van der Waals surface area contributed by atoms with Crippen molar-refractivity contribution in [1.29, 1.82) is 0 Å². The van der Waals surface area contributed by atoms with Gasteiger partial charge in [-0.15, -0.1) is 5.10 Å². The number of nitrogens with one attached hydrogen (secondary N) is 1. The van der Waals surface area contributed by atoms with Crippen LogP contribution in [0.25, 0.3) is 28.1 Å². The normalized spacial score (nSPS) is 11.1. The van der Waals surface area contributed by atoms with Gasteiger partial charge >= 0.3 is 0 Å². The molecule has 0 aliphatic carbocycles. The van der Waals surface area contributed by atoms with Crippen molar-refractivity contribution in [2.24, 2.45) is 0 Å². The molecule has 3 aromatic heterocycles. The second-order valence-electron chi connectivity index (χ2n) is 6.60. The summed E-state index contributed by atoms with van der Waals surface area (Å²) in [6.07, 6.45) is 1.58. The van der Waals surface area contributed by atoms with Crippen LogP contribution in [0, 0.1) is 0 Å². The SMILES string of the molecule is COc1ccccc1NC(=O)CSc1nc2ccccc2c2nc(-c3ccco3)nn12. The molecular weight excluding hydrogens is 414 g/mol. The van der Waals surface area contributed by atoms with Gasteiger partial charge in [0.05, 0.1) is 30.3 Å². The lowest BCUT2D eigenvalue weighted by atomic mass is 10.2. The summed E-state index contributed by atoms with van der Waals surface area (Å²) in [5.41, 5.74) is 2.05. The highest BCUT2D eigenvalue weighted by molar-refractivity contribution is 7.99. The second-order valence-corrected chi connectivity index (χ2v) is 7.54. The smallest absolute Gasteiger partial charge is 0.234 e. The predicted molar refractivity (Wildman–Crippen MR) is 118 cm³/mol. The monoisotopic (exact) mass is 431 g/mol. The molecule has 5 rings (SSSR count). The summed E-state index contributed by atoms with van der Waals surface area (Å²) in [5.74, 6) is 1.60. The first-order valence-corrected chi connectivity index (χ1v) is 10.5. The molecule has 0 bridgehead atoms. The number of carbonyl (C=O) groups is 1. The van der Waals surface area contributed by atoms with Crippen molar-refractivity contribution < 1.29 is 13.9 Å². The Balaban J connectivity index is 1.46. The van der Waals surface area contributed by atoms with Gasteiger partial charge in [0, 0.05) is 5.39 Å². The first kappa shape index (κ1) is 19.1. The van der Waals surface area contributed by atoms with E-state index in [1.165, 1.54) is 11.8 Å². The first-order chi connectivity index (χ1) is 15.2. The Hall–Kier alpha value is -3.85. The molecule has 0 atom stereocenters. The molecule has 0 aliphatic heterocycles. The minimum Gasteiger partial charge on any atom is -0.495 e. The minimum atomic E-state index is -0.177. The third-order valence-electron chi connectivity index (χ3n) is 4.60. The fraction of sp³-hybridized carbons (Fsp3) is 0.0909. The number of hydrogen-bond donors (Lipinski definition) is 1. The molecule has 8 nitrogen and oxygen atoms in total. The number of carbonyl (C=O) groups excluding carboxylic acids is 1. The number of thioether (sulfide) groups is 1. The summed E-state index contributed by atoms with van der Waals surface area (Å²) in [5, 5.41) is 8.88. The van der Waals surface area contributed by atoms with Crippen molar-refractivity contribution in [3.63, 3.8) is 0 Å². The van der Waals surface area contributed by atoms with Gasteiger partial charge in [-0.25, -0.2) is 9.97 Å². The van der Waals surface area contributed by atoms with Crippen LogP contribution in [0.15, 0.2) is 76.5 Å². The number of para-hydroxylation sites is 3. The summed E-state index contributed by atoms with van der Waals surface area (Å²) in [6, 6.07) is 18.6. The maximum absolute atomic E-state index is 12.6. The molecule has 3 heterocycles. The van der Waals surface area contributed by atoms with Gasteiger partial charge in [-0.2, -0.15) is 4.52 Å². The number of nitrogens with zero attached hydrogens (tertiary/aromatic N) is 4. The van der Waals surface area contributed by atoms with E-state index in [-0.39, 0.29) is 11.7 Å². The predicted octanol–water partition coefficient (Wildman–Crippen LogP) is 4.28. The molecule has 154 valence electrons. The first-order valence-electron chi connectivity index (χ1n) is 9.48. The van der Waals surface area contributed by atoms with Gasteiger partial charge in [0.25, 0.3) is 0 Å². The largest absolute Gasteiger partial charge is 0.495 e. The fourth-order valence-electron chi connectivity index (χ4n) is 3.20. The zero-order chi connectivity index (χ0) is 21.2. The number of fused-ring (bicyclic) bond motifs is 3. The summed E-state index contributed by atoms with van der Waals surface area (Å²) < 4.78 is 12.4. The van der Waals surface area contributed by atoms with E-state index in [2.05, 4.69) is 15.4 Å². The Bertz CT molecular complexity index is 1380. The molecule has 31 heavy (non-hydrogen) atoms. The van der Waals surface area contributed by atoms with Crippen LogP contribution in [0.5, 0.6) is 5.75 Å². The van der Waals surface area contributed by atoms with E-state index in [0.717, 1.165) is 10.9 Å². The molecule has 0 radical (unpaired) electrons. The van der Waals surface area contributed by atoms with Crippen molar-refractivity contribution in [2.75, 3.05) is 18.2 Å². The molecule has 9 heteroatoms. The van der Waals surface area contributed by atoms with Crippen molar-refractivity contribution >= 4 is 39.9 Å². The van der Waals surface area contributed by atoms with E-state index in [4.69, 9.17) is 14.1 Å². The number of ether oxygens (including phenoxy) is 1. The van der Waals surface area contributed by atoms with Crippen LogP contribution in [0.3, 0.4) is 0 Å². The average Bonchev–Trinajstić information content (AvgIpc) is 3.48. The maximum atomic E-state index is 12.6. The van der Waals surface area contributed by atoms with E-state index in [1.807, 2.05) is 36.4 Å². The number of furan rings is 1. The number of benzene rings is 2. The van der Waals surface area contributed by atoms with Gasteiger partial charge < -0.3 is 14.5 Å². The summed E-state index contributed by atoms with van der Waals surface area (Å²) in [7, 11) is 1.57. The van der Waals surface area contributed by atoms with Crippen molar-refractivity contribution in [3.05, 3.63) is 66.9 Å². The molecule has 2 aromatic carbocycles. The average molecular weight is 431 g/mol. The molecule has 0 unspecified atom stereocenters. The lowest BCUT2D eigenvalue weighted by molar-refractivity contribution is -0.113. The molecule has 0 aliphatic rings. The fourth-order valence-corrected chi connectivity index (χ4v) is 3.94. The molecule has 1 N–H and O–H groups in total. The Kier molecular flexibility index (Phi) is 5.01. The molecular formula is C22H17N5O3S. The highest BCUT2D eigenvalue weighted by Crippen LogP contribution is 2.27. The van der Waals surface area contributed by atoms with Crippen LogP contribution in [-0.4, -0.2) is 38.4 Å². The Morgan fingerprint density at radius 3 is 2.77 bits per heavy atom. The van der Waals surface area contributed by atoms with E-state index in [1.54, 1.807) is 42.2 Å². The summed E-state index contributed by atoms with van der Waals surface area (Å²) >= 11 is 1.28. The number of methoxy groups -OCH3 is 1. The third-order valence-corrected chi connectivity index (χ3v) is 5.53. The number of rotatable bonds is 6. The number of anilines is 1. The lowest BCUT2D eigenvalue weighted by Gasteiger charge is -2.10. The van der Waals surface area contributed by atoms with E-state index in [9.17, 15) is 4.79 Å². The molecule has 5 aromatic rings. The molecule has 0 spiro atoms. The zero-order valence-electron chi connectivity index (χ0n) is 16.5. The standard InChI is InChI=1S/C22H17N5O3S/c1-29-17-10-5-4-9-16(17)23-19(28)13-31-22-24-15-8-3-2-7-14(15)21-25-20(26-27(21)22)18-11-6-12-30-18/h2-12H,13H2,1H3,(H,23,28). The van der Waals surface area contributed by atoms with Gasteiger partial charge in [0.1, 0.15) is 5.75 Å². The van der Waals surface area contributed by atoms with Crippen LogP contribution in [-0.2, 0) is 4.79 Å². The Morgan fingerprint density at radius 1 is 1.10 bits per heavy atom. The highest BCUT2D eigenvalue weighted by Gasteiger charge is 2.17.